The molecule has 4 rings (SSSR count). The van der Waals surface area contributed by atoms with Gasteiger partial charge in [-0.2, -0.15) is 0 Å². The fourth-order valence-corrected chi connectivity index (χ4v) is 10.2. The molecule has 3 aliphatic heterocycles. The van der Waals surface area contributed by atoms with Crippen molar-refractivity contribution >= 4 is 5.97 Å². The number of esters is 1. The van der Waals surface area contributed by atoms with Crippen LogP contribution >= 0.6 is 0 Å². The molecular weight excluding hydrogens is 711 g/mol. The number of aliphatic hydroxyl groups is 2. The largest absolute Gasteiger partial charge is 0.460 e. The van der Waals surface area contributed by atoms with E-state index in [-0.39, 0.29) is 72.3 Å². The molecule has 4 aliphatic rings. The standard InChI is InChI=1S/C46H79NO9/c1-11-14-36-16-18-39(49)34(6)44(32(4)26-37-17-19-40(55-35(7)48)41(28-37)51-8)54-29-38-15-12-13-21-47(38)22-20-46(50)33(5)27-43(53-10)45(56-46)42(52-9)25-31(3)23-30(2)24-36/h11,24,26,31,33-34,36-45,49-50H,1,12-23,25,27-29H2,2-10H3/b30-24-,32-26+. The fourth-order valence-electron chi connectivity index (χ4n) is 10.2. The lowest BCUT2D eigenvalue weighted by atomic mass is 9.81. The van der Waals surface area contributed by atoms with Gasteiger partial charge in [0.15, 0.2) is 5.79 Å². The normalized spacial score (nSPS) is 41.7. The number of fused-ring (bicyclic) bond motifs is 3. The van der Waals surface area contributed by atoms with E-state index in [1.807, 2.05) is 6.08 Å². The third kappa shape index (κ3) is 13.2. The number of allylic oxidation sites excluding steroid dienone is 4. The minimum Gasteiger partial charge on any atom is -0.460 e. The Bertz CT molecular complexity index is 1270. The van der Waals surface area contributed by atoms with Gasteiger partial charge in [0.25, 0.3) is 0 Å². The molecule has 2 saturated heterocycles. The summed E-state index contributed by atoms with van der Waals surface area (Å²) in [7, 11) is 5.17. The molecule has 14 unspecified atom stereocenters. The number of methoxy groups -OCH3 is 3. The minimum atomic E-state index is -1.30. The maximum Gasteiger partial charge on any atom is 0.302 e. The van der Waals surface area contributed by atoms with Crippen molar-refractivity contribution in [2.45, 2.75) is 180 Å². The molecule has 0 aromatic carbocycles. The minimum absolute atomic E-state index is 0.104. The van der Waals surface area contributed by atoms with Crippen molar-refractivity contribution in [3.8, 4) is 0 Å². The predicted octanol–water partition coefficient (Wildman–Crippen LogP) is 7.80. The Hall–Kier alpha value is -1.63. The molecule has 0 spiro atoms. The van der Waals surface area contributed by atoms with Gasteiger partial charge in [0.2, 0.25) is 0 Å². The molecule has 0 aromatic rings. The van der Waals surface area contributed by atoms with Crippen molar-refractivity contribution in [1.82, 2.24) is 4.90 Å². The summed E-state index contributed by atoms with van der Waals surface area (Å²) in [6, 6.07) is 0.192. The second-order valence-corrected chi connectivity index (χ2v) is 18.1. The van der Waals surface area contributed by atoms with E-state index in [1.165, 1.54) is 12.5 Å². The van der Waals surface area contributed by atoms with Crippen LogP contribution in [0.1, 0.15) is 125 Å². The van der Waals surface area contributed by atoms with Gasteiger partial charge >= 0.3 is 5.97 Å². The van der Waals surface area contributed by atoms with Crippen LogP contribution in [0.3, 0.4) is 0 Å². The van der Waals surface area contributed by atoms with Crippen LogP contribution in [0.2, 0.25) is 0 Å². The number of rotatable bonds is 8. The van der Waals surface area contributed by atoms with Crippen LogP contribution in [0, 0.1) is 29.6 Å². The predicted molar refractivity (Wildman–Crippen MR) is 221 cm³/mol. The summed E-state index contributed by atoms with van der Waals surface area (Å²) in [5.74, 6) is -0.959. The molecule has 1 aliphatic carbocycles. The van der Waals surface area contributed by atoms with E-state index in [0.29, 0.717) is 38.3 Å². The van der Waals surface area contributed by atoms with Crippen LogP contribution in [0.15, 0.2) is 36.0 Å². The third-order valence-corrected chi connectivity index (χ3v) is 13.6. The summed E-state index contributed by atoms with van der Waals surface area (Å²) in [5.41, 5.74) is 2.45. The van der Waals surface area contributed by atoms with E-state index in [0.717, 1.165) is 76.3 Å². The van der Waals surface area contributed by atoms with E-state index in [1.54, 1.807) is 21.3 Å². The second-order valence-electron chi connectivity index (χ2n) is 18.1. The van der Waals surface area contributed by atoms with E-state index in [4.69, 9.17) is 28.4 Å². The highest BCUT2D eigenvalue weighted by atomic mass is 16.7. The van der Waals surface area contributed by atoms with E-state index in [9.17, 15) is 15.0 Å². The van der Waals surface area contributed by atoms with E-state index in [2.05, 4.69) is 58.2 Å². The number of piperidine rings is 1. The Labute approximate surface area is 339 Å². The second kappa shape index (κ2) is 22.7. The smallest absolute Gasteiger partial charge is 0.302 e. The van der Waals surface area contributed by atoms with Crippen molar-refractivity contribution in [2.75, 3.05) is 41.0 Å². The molecule has 14 atom stereocenters. The highest BCUT2D eigenvalue weighted by Crippen LogP contribution is 2.40. The first-order valence-corrected chi connectivity index (χ1v) is 21.9. The number of ether oxygens (including phenoxy) is 6. The van der Waals surface area contributed by atoms with Crippen LogP contribution in [0.25, 0.3) is 0 Å². The summed E-state index contributed by atoms with van der Waals surface area (Å²) in [6.07, 6.45) is 15.7. The fraction of sp³-hybridized carbons (Fsp3) is 0.848. The first kappa shape index (κ1) is 47.1. The Kier molecular flexibility index (Phi) is 19.0. The summed E-state index contributed by atoms with van der Waals surface area (Å²) < 4.78 is 37.2. The lowest BCUT2D eigenvalue weighted by molar-refractivity contribution is -0.324. The Morgan fingerprint density at radius 1 is 0.946 bits per heavy atom. The van der Waals surface area contributed by atoms with Crippen molar-refractivity contribution in [2.24, 2.45) is 29.6 Å². The van der Waals surface area contributed by atoms with Gasteiger partial charge in [-0.3, -0.25) is 9.69 Å². The zero-order valence-corrected chi connectivity index (χ0v) is 36.5. The Morgan fingerprint density at radius 3 is 2.34 bits per heavy atom. The van der Waals surface area contributed by atoms with Crippen LogP contribution in [0.5, 0.6) is 0 Å². The molecule has 0 aromatic heterocycles. The maximum atomic E-state index is 12.2. The molecule has 322 valence electrons. The van der Waals surface area contributed by atoms with Gasteiger partial charge in [-0.05, 0) is 114 Å². The lowest BCUT2D eigenvalue weighted by Gasteiger charge is -2.48. The molecule has 2 bridgehead atoms. The van der Waals surface area contributed by atoms with Gasteiger partial charge in [0, 0.05) is 59.1 Å². The van der Waals surface area contributed by atoms with Crippen molar-refractivity contribution < 1.29 is 43.4 Å². The van der Waals surface area contributed by atoms with E-state index >= 15 is 0 Å². The molecular formula is C46H79NO9. The maximum absolute atomic E-state index is 12.2. The van der Waals surface area contributed by atoms with E-state index < -0.39 is 11.9 Å². The Balaban J connectivity index is 1.63. The van der Waals surface area contributed by atoms with Crippen molar-refractivity contribution in [3.05, 3.63) is 36.0 Å². The number of nitrogens with zero attached hydrogens (tertiary/aromatic N) is 1. The van der Waals surface area contributed by atoms with Gasteiger partial charge in [-0.15, -0.1) is 6.58 Å². The summed E-state index contributed by atoms with van der Waals surface area (Å²) >= 11 is 0. The van der Waals surface area contributed by atoms with Gasteiger partial charge in [-0.25, -0.2) is 0 Å². The summed E-state index contributed by atoms with van der Waals surface area (Å²) in [6.45, 7) is 18.5. The zero-order valence-electron chi connectivity index (χ0n) is 36.5. The average Bonchev–Trinajstić information content (AvgIpc) is 3.16. The van der Waals surface area contributed by atoms with Crippen molar-refractivity contribution in [1.29, 1.82) is 0 Å². The number of carbonyl (C=O) groups excluding carboxylic acids is 1. The van der Waals surface area contributed by atoms with Gasteiger partial charge < -0.3 is 38.6 Å². The van der Waals surface area contributed by atoms with Crippen LogP contribution in [0.4, 0.5) is 0 Å². The van der Waals surface area contributed by atoms with Crippen LogP contribution < -0.4 is 0 Å². The summed E-state index contributed by atoms with van der Waals surface area (Å²) in [4.78, 5) is 14.2. The molecule has 0 radical (unpaired) electrons. The lowest BCUT2D eigenvalue weighted by Crippen LogP contribution is -2.58. The number of carbonyl (C=O) groups is 1. The molecule has 10 heteroatoms. The highest BCUT2D eigenvalue weighted by molar-refractivity contribution is 5.66. The first-order valence-electron chi connectivity index (χ1n) is 21.9. The molecule has 3 heterocycles. The molecule has 56 heavy (non-hydrogen) atoms. The highest BCUT2D eigenvalue weighted by Gasteiger charge is 2.49. The SMILES string of the molecule is C=CCC1/C=C(/C)CC(C)CC(OC)C2OC(O)(CCN3CCCCC3COC(/C(C)=C/C3CCC(OC(C)=O)C(OC)C3)C(C)C(O)CC1)C(C)CC2OC. The molecule has 3 fully saturated rings. The zero-order chi connectivity index (χ0) is 41.0. The van der Waals surface area contributed by atoms with Crippen LogP contribution in [-0.4, -0.2) is 117 Å². The molecule has 1 saturated carbocycles. The average molecular weight is 790 g/mol. The topological polar surface area (TPSA) is 116 Å². The quantitative estimate of drug-likeness (QED) is 0.187. The molecule has 10 nitrogen and oxygen atoms in total. The number of aliphatic hydroxyl groups excluding tert-OH is 1. The molecule has 2 N–H and O–H groups in total. The van der Waals surface area contributed by atoms with Gasteiger partial charge in [0.1, 0.15) is 12.2 Å². The summed E-state index contributed by atoms with van der Waals surface area (Å²) in [5, 5.41) is 24.1. The van der Waals surface area contributed by atoms with Crippen LogP contribution in [-0.2, 0) is 33.2 Å². The first-order chi connectivity index (χ1) is 26.7. The third-order valence-electron chi connectivity index (χ3n) is 13.6. The molecule has 0 amide bonds. The van der Waals surface area contributed by atoms with Gasteiger partial charge in [0.05, 0.1) is 37.1 Å². The van der Waals surface area contributed by atoms with Gasteiger partial charge in [-0.1, -0.05) is 51.0 Å². The number of hydrogen-bond donors (Lipinski definition) is 2. The monoisotopic (exact) mass is 790 g/mol. The Morgan fingerprint density at radius 2 is 1.66 bits per heavy atom. The van der Waals surface area contributed by atoms with Crippen molar-refractivity contribution in [3.63, 3.8) is 0 Å². The number of hydrogen-bond acceptors (Lipinski definition) is 10.